The smallest absolute Gasteiger partial charge is 0.180 e. The summed E-state index contributed by atoms with van der Waals surface area (Å²) in [6, 6.07) is 7.74. The monoisotopic (exact) mass is 494 g/mol. The number of nitrogen functional groups attached to an aromatic ring is 1. The predicted octanol–water partition coefficient (Wildman–Crippen LogP) is 6.04. The van der Waals surface area contributed by atoms with Crippen molar-refractivity contribution in [1.82, 2.24) is 24.9 Å². The topological polar surface area (TPSA) is 99.7 Å². The van der Waals surface area contributed by atoms with Gasteiger partial charge in [0.25, 0.3) is 0 Å². The van der Waals surface area contributed by atoms with E-state index in [9.17, 15) is 0 Å². The van der Waals surface area contributed by atoms with Crippen LogP contribution in [0.1, 0.15) is 43.7 Å². The van der Waals surface area contributed by atoms with Gasteiger partial charge in [-0.2, -0.15) is 0 Å². The number of benzene rings is 1. The first kappa shape index (κ1) is 24.0. The van der Waals surface area contributed by atoms with E-state index in [0.29, 0.717) is 21.7 Å². The molecule has 2 N–H and O–H groups in total. The Morgan fingerprint density at radius 3 is 2.53 bits per heavy atom. The van der Waals surface area contributed by atoms with Gasteiger partial charge in [0.1, 0.15) is 11.4 Å². The first-order valence-corrected chi connectivity index (χ1v) is 12.6. The Bertz CT molecular complexity index is 1230. The van der Waals surface area contributed by atoms with Crippen molar-refractivity contribution in [2.75, 3.05) is 5.73 Å². The third-order valence-corrected chi connectivity index (χ3v) is 6.63. The Hall–Kier alpha value is -3.10. The molecule has 0 saturated carbocycles. The maximum atomic E-state index is 6.69. The number of nitrogens with two attached hydrogens (primary N) is 1. The van der Waals surface area contributed by atoms with E-state index >= 15 is 0 Å². The highest BCUT2D eigenvalue weighted by Crippen LogP contribution is 2.32. The largest absolute Gasteiger partial charge is 0.490 e. The first-order chi connectivity index (χ1) is 16.6. The van der Waals surface area contributed by atoms with Gasteiger partial charge < -0.3 is 10.5 Å². The van der Waals surface area contributed by atoms with Crippen LogP contribution in [-0.2, 0) is 12.8 Å². The molecule has 0 aliphatic heterocycles. The zero-order valence-corrected chi connectivity index (χ0v) is 20.8. The summed E-state index contributed by atoms with van der Waals surface area (Å²) in [6.07, 6.45) is 11.4. The van der Waals surface area contributed by atoms with Crippen molar-refractivity contribution < 1.29 is 4.74 Å². The Morgan fingerprint density at radius 1 is 1.00 bits per heavy atom. The molecule has 0 amide bonds. The number of hydrogen-bond donors (Lipinski definition) is 1. The molecule has 3 heterocycles. The van der Waals surface area contributed by atoms with Crippen molar-refractivity contribution >= 4 is 28.1 Å². The lowest BCUT2D eigenvalue weighted by Gasteiger charge is -2.16. The minimum absolute atomic E-state index is 0.171. The van der Waals surface area contributed by atoms with Gasteiger partial charge >= 0.3 is 0 Å². The molecule has 0 fully saturated rings. The highest BCUT2D eigenvalue weighted by atomic mass is 35.5. The number of halogens is 1. The van der Waals surface area contributed by atoms with Gasteiger partial charge in [-0.15, -0.1) is 11.3 Å². The van der Waals surface area contributed by atoms with Gasteiger partial charge in [0.2, 0.25) is 0 Å². The molecular weight excluding hydrogens is 468 g/mol. The number of aryl methyl sites for hydroxylation is 2. The van der Waals surface area contributed by atoms with Crippen molar-refractivity contribution in [3.8, 4) is 28.5 Å². The van der Waals surface area contributed by atoms with Crippen molar-refractivity contribution in [3.05, 3.63) is 64.6 Å². The van der Waals surface area contributed by atoms with Crippen LogP contribution in [0.15, 0.2) is 49.1 Å². The molecule has 7 nitrogen and oxygen atoms in total. The summed E-state index contributed by atoms with van der Waals surface area (Å²) in [6.45, 7) is 4.23. The van der Waals surface area contributed by atoms with Crippen molar-refractivity contribution in [3.63, 3.8) is 0 Å². The maximum Gasteiger partial charge on any atom is 0.180 e. The van der Waals surface area contributed by atoms with E-state index in [4.69, 9.17) is 32.0 Å². The third-order valence-electron chi connectivity index (χ3n) is 5.43. The molecule has 0 bridgehead atoms. The fourth-order valence-electron chi connectivity index (χ4n) is 3.60. The molecule has 0 spiro atoms. The van der Waals surface area contributed by atoms with Crippen molar-refractivity contribution in [2.24, 2.45) is 0 Å². The first-order valence-electron chi connectivity index (χ1n) is 11.4. The SMILES string of the molecule is CCC(CC)Oc1ccc(-c2cc(CCCc3cnc(N)s3)nc(-c3cnccn3)n2)c(Cl)c1. The van der Waals surface area contributed by atoms with Crippen molar-refractivity contribution in [1.29, 1.82) is 0 Å². The van der Waals surface area contributed by atoms with Crippen LogP contribution in [0.2, 0.25) is 5.02 Å². The number of anilines is 1. The molecular formula is C25H27ClN6OS. The quantitative estimate of drug-likeness (QED) is 0.287. The molecule has 0 radical (unpaired) electrons. The van der Waals surface area contributed by atoms with E-state index in [2.05, 4.69) is 28.8 Å². The van der Waals surface area contributed by atoms with Crippen LogP contribution in [-0.4, -0.2) is 31.0 Å². The van der Waals surface area contributed by atoms with Gasteiger partial charge in [-0.3, -0.25) is 4.98 Å². The molecule has 4 aromatic rings. The summed E-state index contributed by atoms with van der Waals surface area (Å²) in [5, 5.41) is 1.17. The summed E-state index contributed by atoms with van der Waals surface area (Å²) < 4.78 is 6.05. The number of hydrogen-bond acceptors (Lipinski definition) is 8. The van der Waals surface area contributed by atoms with Gasteiger partial charge in [0.15, 0.2) is 11.0 Å². The Balaban J connectivity index is 1.62. The molecule has 3 aromatic heterocycles. The molecule has 9 heteroatoms. The number of ether oxygens (including phenoxy) is 1. The molecule has 0 atom stereocenters. The van der Waals surface area contributed by atoms with Crippen LogP contribution in [0.4, 0.5) is 5.13 Å². The molecule has 0 unspecified atom stereocenters. The van der Waals surface area contributed by atoms with E-state index in [1.54, 1.807) is 18.6 Å². The van der Waals surface area contributed by atoms with E-state index < -0.39 is 0 Å². The summed E-state index contributed by atoms with van der Waals surface area (Å²) in [4.78, 5) is 23.4. The normalized spacial score (nSPS) is 11.2. The zero-order valence-electron chi connectivity index (χ0n) is 19.2. The second kappa shape index (κ2) is 11.4. The number of aromatic nitrogens is 5. The summed E-state index contributed by atoms with van der Waals surface area (Å²) in [5.74, 6) is 1.28. The molecule has 0 aliphatic carbocycles. The lowest BCUT2D eigenvalue weighted by atomic mass is 10.1. The highest BCUT2D eigenvalue weighted by molar-refractivity contribution is 7.15. The van der Waals surface area contributed by atoms with Crippen LogP contribution < -0.4 is 10.5 Å². The van der Waals surface area contributed by atoms with Crippen LogP contribution in [0.5, 0.6) is 5.75 Å². The van der Waals surface area contributed by atoms with Crippen LogP contribution in [0.25, 0.3) is 22.8 Å². The third kappa shape index (κ3) is 6.07. The highest BCUT2D eigenvalue weighted by Gasteiger charge is 2.14. The molecule has 34 heavy (non-hydrogen) atoms. The second-order valence-corrected chi connectivity index (χ2v) is 9.43. The van der Waals surface area contributed by atoms with E-state index in [1.807, 2.05) is 30.5 Å². The van der Waals surface area contributed by atoms with E-state index in [-0.39, 0.29) is 6.10 Å². The summed E-state index contributed by atoms with van der Waals surface area (Å²) in [5.41, 5.74) is 8.84. The fraction of sp³-hybridized carbons (Fsp3) is 0.320. The lowest BCUT2D eigenvalue weighted by molar-refractivity contribution is 0.193. The van der Waals surface area contributed by atoms with Gasteiger partial charge in [-0.1, -0.05) is 25.4 Å². The fourth-order valence-corrected chi connectivity index (χ4v) is 4.59. The second-order valence-electron chi connectivity index (χ2n) is 7.88. The molecule has 0 aliphatic rings. The maximum absolute atomic E-state index is 6.69. The van der Waals surface area contributed by atoms with Gasteiger partial charge in [0.05, 0.1) is 23.0 Å². The number of rotatable bonds is 10. The minimum atomic E-state index is 0.171. The average Bonchev–Trinajstić information content (AvgIpc) is 3.27. The standard InChI is InChI=1S/C25H27ClN6OS/c1-3-17(4-2)33-18-8-9-20(21(26)13-18)22-12-16(6-5-7-19-14-30-25(27)34-19)31-24(32-22)23-15-28-10-11-29-23/h8-15,17H,3-7H2,1-2H3,(H2,27,30). The summed E-state index contributed by atoms with van der Waals surface area (Å²) >= 11 is 8.21. The predicted molar refractivity (Wildman–Crippen MR) is 137 cm³/mol. The lowest BCUT2D eigenvalue weighted by Crippen LogP contribution is -2.13. The van der Waals surface area contributed by atoms with Crippen LogP contribution in [0, 0.1) is 0 Å². The molecule has 176 valence electrons. The van der Waals surface area contributed by atoms with Crippen molar-refractivity contribution in [2.45, 2.75) is 52.1 Å². The summed E-state index contributed by atoms with van der Waals surface area (Å²) in [7, 11) is 0. The molecule has 1 aromatic carbocycles. The minimum Gasteiger partial charge on any atom is -0.490 e. The Labute approximate surface area is 208 Å². The Morgan fingerprint density at radius 2 is 1.85 bits per heavy atom. The van der Waals surface area contributed by atoms with Gasteiger partial charge in [-0.05, 0) is 56.4 Å². The zero-order chi connectivity index (χ0) is 23.9. The van der Waals surface area contributed by atoms with Crippen LogP contribution in [0.3, 0.4) is 0 Å². The number of nitrogens with zero attached hydrogens (tertiary/aromatic N) is 5. The molecule has 0 saturated heterocycles. The van der Waals surface area contributed by atoms with Gasteiger partial charge in [0, 0.05) is 34.7 Å². The van der Waals surface area contributed by atoms with Gasteiger partial charge in [-0.25, -0.2) is 19.9 Å². The number of thiazole rings is 1. The van der Waals surface area contributed by atoms with E-state index in [1.165, 1.54) is 11.3 Å². The molecule has 4 rings (SSSR count). The van der Waals surface area contributed by atoms with Crippen LogP contribution >= 0.6 is 22.9 Å². The van der Waals surface area contributed by atoms with E-state index in [0.717, 1.165) is 59.7 Å². The Kier molecular flexibility index (Phi) is 8.03. The average molecular weight is 495 g/mol.